The number of nitrogens with two attached hydrogens (primary N) is 1. The first-order valence-electron chi connectivity index (χ1n) is 5.14. The molecular weight excluding hydrogens is 212 g/mol. The molecule has 0 saturated carbocycles. The fourth-order valence-electron chi connectivity index (χ4n) is 1.36. The molecule has 0 aliphatic rings. The normalized spacial score (nSPS) is 11.9. The number of carboxylic acid groups (broad SMARTS) is 1. The summed E-state index contributed by atoms with van der Waals surface area (Å²) >= 11 is 0. The number of carbonyl (C=O) groups excluding carboxylic acids is 2. The molecule has 0 aliphatic heterocycles. The van der Waals surface area contributed by atoms with Crippen molar-refractivity contribution < 1.29 is 19.5 Å². The Morgan fingerprint density at radius 1 is 1.31 bits per heavy atom. The number of carboxylic acids is 1. The number of amides is 2. The van der Waals surface area contributed by atoms with E-state index in [-0.39, 0.29) is 31.2 Å². The topological polar surface area (TPSA) is 101 Å². The lowest BCUT2D eigenvalue weighted by atomic mass is 10.0. The summed E-state index contributed by atoms with van der Waals surface area (Å²) in [7, 11) is 0. The molecule has 6 heteroatoms. The summed E-state index contributed by atoms with van der Waals surface area (Å²) < 4.78 is 0. The van der Waals surface area contributed by atoms with E-state index >= 15 is 0 Å². The third-order valence-electron chi connectivity index (χ3n) is 2.13. The van der Waals surface area contributed by atoms with Crippen LogP contribution >= 0.6 is 0 Å². The minimum absolute atomic E-state index is 0.0557. The Labute approximate surface area is 94.4 Å². The molecule has 1 atom stereocenters. The highest BCUT2D eigenvalue weighted by atomic mass is 16.4. The van der Waals surface area contributed by atoms with Gasteiger partial charge in [-0.2, -0.15) is 0 Å². The van der Waals surface area contributed by atoms with Gasteiger partial charge in [-0.05, 0) is 12.8 Å². The third-order valence-corrected chi connectivity index (χ3v) is 2.13. The van der Waals surface area contributed by atoms with E-state index in [9.17, 15) is 14.4 Å². The van der Waals surface area contributed by atoms with Crippen LogP contribution in [0.1, 0.15) is 26.7 Å². The van der Waals surface area contributed by atoms with Gasteiger partial charge in [0, 0.05) is 19.4 Å². The van der Waals surface area contributed by atoms with E-state index in [1.54, 1.807) is 13.8 Å². The van der Waals surface area contributed by atoms with Crippen LogP contribution in [0.4, 0.5) is 0 Å². The molecule has 0 radical (unpaired) electrons. The number of rotatable bonds is 7. The highest BCUT2D eigenvalue weighted by Gasteiger charge is 2.18. The van der Waals surface area contributed by atoms with Crippen molar-refractivity contribution in [3.63, 3.8) is 0 Å². The highest BCUT2D eigenvalue weighted by molar-refractivity contribution is 5.84. The van der Waals surface area contributed by atoms with Gasteiger partial charge in [0.2, 0.25) is 11.8 Å². The van der Waals surface area contributed by atoms with E-state index < -0.39 is 11.9 Å². The number of carbonyl (C=O) groups is 3. The first-order chi connectivity index (χ1) is 7.36. The van der Waals surface area contributed by atoms with Crippen LogP contribution in [0.5, 0.6) is 0 Å². The first kappa shape index (κ1) is 14.4. The van der Waals surface area contributed by atoms with Crippen molar-refractivity contribution in [1.82, 2.24) is 4.90 Å². The van der Waals surface area contributed by atoms with Crippen LogP contribution in [0.3, 0.4) is 0 Å². The van der Waals surface area contributed by atoms with Gasteiger partial charge in [0.25, 0.3) is 0 Å². The number of hydrogen-bond donors (Lipinski definition) is 2. The van der Waals surface area contributed by atoms with Gasteiger partial charge >= 0.3 is 5.97 Å². The molecule has 0 rings (SSSR count). The average Bonchev–Trinajstić information content (AvgIpc) is 2.11. The smallest absolute Gasteiger partial charge is 0.303 e. The molecule has 0 aromatic heterocycles. The second kappa shape index (κ2) is 6.81. The largest absolute Gasteiger partial charge is 0.481 e. The molecule has 3 N–H and O–H groups in total. The van der Waals surface area contributed by atoms with Gasteiger partial charge in [-0.25, -0.2) is 0 Å². The average molecular weight is 230 g/mol. The highest BCUT2D eigenvalue weighted by Crippen LogP contribution is 2.09. The molecule has 16 heavy (non-hydrogen) atoms. The Kier molecular flexibility index (Phi) is 6.14. The number of primary amides is 1. The van der Waals surface area contributed by atoms with Gasteiger partial charge in [-0.15, -0.1) is 0 Å². The zero-order valence-electron chi connectivity index (χ0n) is 9.60. The van der Waals surface area contributed by atoms with E-state index in [1.165, 1.54) is 4.90 Å². The monoisotopic (exact) mass is 230 g/mol. The zero-order valence-corrected chi connectivity index (χ0v) is 9.60. The maximum atomic E-state index is 11.6. The first-order valence-corrected chi connectivity index (χ1v) is 5.14. The zero-order chi connectivity index (χ0) is 12.7. The maximum Gasteiger partial charge on any atom is 0.303 e. The quantitative estimate of drug-likeness (QED) is 0.633. The molecule has 0 bridgehead atoms. The van der Waals surface area contributed by atoms with E-state index in [1.807, 2.05) is 0 Å². The van der Waals surface area contributed by atoms with E-state index in [4.69, 9.17) is 10.8 Å². The van der Waals surface area contributed by atoms with Crippen molar-refractivity contribution in [2.45, 2.75) is 26.7 Å². The Bertz CT molecular complexity index is 278. The summed E-state index contributed by atoms with van der Waals surface area (Å²) in [6, 6.07) is 0. The molecule has 0 saturated heterocycles. The van der Waals surface area contributed by atoms with Crippen LogP contribution in [0, 0.1) is 5.92 Å². The molecule has 6 nitrogen and oxygen atoms in total. The third kappa shape index (κ3) is 6.00. The molecule has 0 aromatic rings. The molecule has 0 spiro atoms. The van der Waals surface area contributed by atoms with Crippen molar-refractivity contribution in [1.29, 1.82) is 0 Å². The van der Waals surface area contributed by atoms with Gasteiger partial charge < -0.3 is 15.7 Å². The van der Waals surface area contributed by atoms with Crippen LogP contribution in [-0.4, -0.2) is 40.9 Å². The van der Waals surface area contributed by atoms with Crippen LogP contribution in [0.15, 0.2) is 0 Å². The second-order valence-electron chi connectivity index (χ2n) is 3.78. The van der Waals surface area contributed by atoms with Crippen LogP contribution in [-0.2, 0) is 14.4 Å². The lowest BCUT2D eigenvalue weighted by Gasteiger charge is -2.20. The Hall–Kier alpha value is -1.59. The molecule has 0 heterocycles. The lowest BCUT2D eigenvalue weighted by Crippen LogP contribution is -2.38. The summed E-state index contributed by atoms with van der Waals surface area (Å²) in [5.74, 6) is -1.98. The lowest BCUT2D eigenvalue weighted by molar-refractivity contribution is -0.139. The minimum Gasteiger partial charge on any atom is -0.481 e. The molecular formula is C10H18N2O4. The van der Waals surface area contributed by atoms with E-state index in [0.29, 0.717) is 6.54 Å². The van der Waals surface area contributed by atoms with Gasteiger partial charge in [0.1, 0.15) is 0 Å². The molecule has 2 amide bonds. The van der Waals surface area contributed by atoms with Crippen molar-refractivity contribution in [2.75, 3.05) is 13.1 Å². The number of aliphatic carboxylic acids is 1. The van der Waals surface area contributed by atoms with E-state index in [2.05, 4.69) is 0 Å². The maximum absolute atomic E-state index is 11.6. The Morgan fingerprint density at radius 2 is 1.88 bits per heavy atom. The predicted molar refractivity (Wildman–Crippen MR) is 57.5 cm³/mol. The summed E-state index contributed by atoms with van der Waals surface area (Å²) in [4.78, 5) is 34.0. The molecule has 1 unspecified atom stereocenters. The number of likely N-dealkylation sites (N-methyl/N-ethyl adjacent to an activating group) is 1. The van der Waals surface area contributed by atoms with Crippen molar-refractivity contribution >= 4 is 17.8 Å². The molecule has 0 aromatic carbocycles. The van der Waals surface area contributed by atoms with Crippen LogP contribution in [0.2, 0.25) is 0 Å². The predicted octanol–water partition coefficient (Wildman–Crippen LogP) is -0.179. The number of hydrogen-bond acceptors (Lipinski definition) is 3. The minimum atomic E-state index is -0.932. The molecule has 92 valence electrons. The van der Waals surface area contributed by atoms with E-state index in [0.717, 1.165) is 0 Å². The SMILES string of the molecule is CCN(CC(N)=O)C(=O)CC(C)CC(=O)O. The standard InChI is InChI=1S/C10H18N2O4/c1-3-12(6-8(11)13)9(14)4-7(2)5-10(15)16/h7H,3-6H2,1-2H3,(H2,11,13)(H,15,16). The van der Waals surface area contributed by atoms with Gasteiger partial charge in [0.05, 0.1) is 6.54 Å². The van der Waals surface area contributed by atoms with Crippen molar-refractivity contribution in [3.8, 4) is 0 Å². The van der Waals surface area contributed by atoms with Gasteiger partial charge in [0.15, 0.2) is 0 Å². The van der Waals surface area contributed by atoms with Crippen molar-refractivity contribution in [2.24, 2.45) is 11.7 Å². The fourth-order valence-corrected chi connectivity index (χ4v) is 1.36. The summed E-state index contributed by atoms with van der Waals surface area (Å²) in [6.45, 7) is 3.70. The van der Waals surface area contributed by atoms with Crippen molar-refractivity contribution in [3.05, 3.63) is 0 Å². The summed E-state index contributed by atoms with van der Waals surface area (Å²) in [5.41, 5.74) is 4.99. The molecule has 0 fully saturated rings. The van der Waals surface area contributed by atoms with Crippen LogP contribution in [0.25, 0.3) is 0 Å². The Balaban J connectivity index is 4.20. The number of nitrogens with zero attached hydrogens (tertiary/aromatic N) is 1. The summed E-state index contributed by atoms with van der Waals surface area (Å²) in [6.07, 6.45) is 0.0628. The Morgan fingerprint density at radius 3 is 2.25 bits per heavy atom. The fraction of sp³-hybridized carbons (Fsp3) is 0.700. The van der Waals surface area contributed by atoms with Gasteiger partial charge in [-0.3, -0.25) is 14.4 Å². The van der Waals surface area contributed by atoms with Gasteiger partial charge in [-0.1, -0.05) is 6.92 Å². The second-order valence-corrected chi connectivity index (χ2v) is 3.78. The van der Waals surface area contributed by atoms with Crippen LogP contribution < -0.4 is 5.73 Å². The molecule has 0 aliphatic carbocycles. The summed E-state index contributed by atoms with van der Waals surface area (Å²) in [5, 5.41) is 8.54.